The summed E-state index contributed by atoms with van der Waals surface area (Å²) >= 11 is 0. The molecule has 0 saturated carbocycles. The van der Waals surface area contributed by atoms with Crippen molar-refractivity contribution in [3.8, 4) is 17.2 Å². The fourth-order valence-corrected chi connectivity index (χ4v) is 3.55. The molecule has 0 aromatic heterocycles. The van der Waals surface area contributed by atoms with Crippen molar-refractivity contribution in [2.24, 2.45) is 0 Å². The number of fused-ring (bicyclic) bond motifs is 1. The molecule has 8 nitrogen and oxygen atoms in total. The van der Waals surface area contributed by atoms with Gasteiger partial charge in [0.25, 0.3) is 11.8 Å². The highest BCUT2D eigenvalue weighted by Gasteiger charge is 2.17. The molecule has 3 aromatic carbocycles. The third-order valence-corrected chi connectivity index (χ3v) is 5.63. The van der Waals surface area contributed by atoms with Gasteiger partial charge in [-0.25, -0.2) is 0 Å². The predicted octanol–water partition coefficient (Wildman–Crippen LogP) is 5.21. The van der Waals surface area contributed by atoms with Gasteiger partial charge in [-0.2, -0.15) is 0 Å². The molecular formula is C29H28N2O6. The summed E-state index contributed by atoms with van der Waals surface area (Å²) in [7, 11) is 0. The number of anilines is 1. The normalized spacial score (nSPS) is 12.1. The molecule has 8 heteroatoms. The zero-order valence-electron chi connectivity index (χ0n) is 20.7. The van der Waals surface area contributed by atoms with E-state index in [1.165, 1.54) is 6.92 Å². The highest BCUT2D eigenvalue weighted by molar-refractivity contribution is 6.10. The molecule has 1 heterocycles. The molecule has 0 atom stereocenters. The van der Waals surface area contributed by atoms with Crippen LogP contribution in [0.15, 0.2) is 72.4 Å². The molecule has 0 saturated heterocycles. The van der Waals surface area contributed by atoms with Crippen LogP contribution in [0.2, 0.25) is 0 Å². The van der Waals surface area contributed by atoms with E-state index in [4.69, 9.17) is 14.2 Å². The van der Waals surface area contributed by atoms with Crippen LogP contribution in [0.5, 0.6) is 17.2 Å². The van der Waals surface area contributed by atoms with Crippen molar-refractivity contribution in [3.05, 3.63) is 89.1 Å². The Morgan fingerprint density at radius 1 is 0.919 bits per heavy atom. The number of rotatable bonds is 10. The third-order valence-electron chi connectivity index (χ3n) is 5.63. The molecule has 0 spiro atoms. The summed E-state index contributed by atoms with van der Waals surface area (Å²) in [5.74, 6) is 0.788. The van der Waals surface area contributed by atoms with Gasteiger partial charge < -0.3 is 24.8 Å². The molecule has 4 rings (SSSR count). The predicted molar refractivity (Wildman–Crippen MR) is 140 cm³/mol. The summed E-state index contributed by atoms with van der Waals surface area (Å²) in [6.45, 7) is 4.29. The molecule has 1 aliphatic rings. The molecule has 0 unspecified atom stereocenters. The summed E-state index contributed by atoms with van der Waals surface area (Å²) in [4.78, 5) is 37.8. The van der Waals surface area contributed by atoms with Crippen LogP contribution < -0.4 is 24.8 Å². The second kappa shape index (κ2) is 11.9. The van der Waals surface area contributed by atoms with Crippen LogP contribution in [-0.2, 0) is 4.79 Å². The highest BCUT2D eigenvalue weighted by atomic mass is 16.7. The minimum absolute atomic E-state index is 0.0304. The maximum atomic E-state index is 13.2. The Hall–Kier alpha value is -4.59. The van der Waals surface area contributed by atoms with Crippen molar-refractivity contribution in [3.63, 3.8) is 0 Å². The third kappa shape index (κ3) is 6.76. The first kappa shape index (κ1) is 25.5. The lowest BCUT2D eigenvalue weighted by Crippen LogP contribution is -2.30. The molecule has 3 aromatic rings. The maximum absolute atomic E-state index is 13.2. The first-order valence-corrected chi connectivity index (χ1v) is 12.0. The zero-order chi connectivity index (χ0) is 26.2. The molecule has 2 N–H and O–H groups in total. The van der Waals surface area contributed by atoms with E-state index in [1.54, 1.807) is 72.8 Å². The summed E-state index contributed by atoms with van der Waals surface area (Å²) < 4.78 is 16.4. The van der Waals surface area contributed by atoms with Crippen LogP contribution in [0.1, 0.15) is 53.0 Å². The quantitative estimate of drug-likeness (QED) is 0.225. The number of Topliss-reactive ketones (excluding diaryl/α,β-unsaturated/α-hetero) is 1. The molecular weight excluding hydrogens is 472 g/mol. The fourth-order valence-electron chi connectivity index (χ4n) is 3.55. The Labute approximate surface area is 215 Å². The number of benzene rings is 3. The number of carbonyl (C=O) groups is 3. The number of unbranched alkanes of at least 4 members (excludes halogenated alkanes) is 1. The Kier molecular flexibility index (Phi) is 8.20. The number of ketones is 1. The molecule has 0 bridgehead atoms. The van der Waals surface area contributed by atoms with Gasteiger partial charge in [-0.05, 0) is 85.6 Å². The van der Waals surface area contributed by atoms with E-state index in [-0.39, 0.29) is 18.3 Å². The van der Waals surface area contributed by atoms with Crippen molar-refractivity contribution in [2.75, 3.05) is 18.7 Å². The van der Waals surface area contributed by atoms with Crippen LogP contribution in [0.3, 0.4) is 0 Å². The van der Waals surface area contributed by atoms with Crippen LogP contribution in [0.25, 0.3) is 6.08 Å². The summed E-state index contributed by atoms with van der Waals surface area (Å²) in [5, 5.41) is 5.48. The first-order valence-electron chi connectivity index (χ1n) is 12.0. The van der Waals surface area contributed by atoms with E-state index >= 15 is 0 Å². The minimum Gasteiger partial charge on any atom is -0.494 e. The molecule has 1 aliphatic heterocycles. The van der Waals surface area contributed by atoms with Crippen molar-refractivity contribution >= 4 is 29.4 Å². The smallest absolute Gasteiger partial charge is 0.272 e. The van der Waals surface area contributed by atoms with Gasteiger partial charge in [0.2, 0.25) is 6.79 Å². The van der Waals surface area contributed by atoms with Gasteiger partial charge >= 0.3 is 0 Å². The first-order chi connectivity index (χ1) is 17.9. The lowest BCUT2D eigenvalue weighted by Gasteiger charge is -2.12. The van der Waals surface area contributed by atoms with E-state index in [9.17, 15) is 14.4 Å². The second-order valence-electron chi connectivity index (χ2n) is 8.44. The van der Waals surface area contributed by atoms with Crippen LogP contribution >= 0.6 is 0 Å². The topological polar surface area (TPSA) is 103 Å². The van der Waals surface area contributed by atoms with Gasteiger partial charge in [-0.15, -0.1) is 0 Å². The lowest BCUT2D eigenvalue weighted by molar-refractivity contribution is -0.113. The Morgan fingerprint density at radius 3 is 2.32 bits per heavy atom. The van der Waals surface area contributed by atoms with Crippen LogP contribution in [0, 0.1) is 0 Å². The van der Waals surface area contributed by atoms with Crippen molar-refractivity contribution in [1.82, 2.24) is 5.32 Å². The summed E-state index contributed by atoms with van der Waals surface area (Å²) in [6.07, 6.45) is 3.53. The number of ether oxygens (including phenoxy) is 3. The van der Waals surface area contributed by atoms with E-state index in [2.05, 4.69) is 17.6 Å². The SMILES string of the molecule is CCCCOc1ccc(C(=O)N/C(=C/c2ccc3c(c2)OCO3)C(=O)Nc2ccc(C(C)=O)cc2)cc1. The number of amides is 2. The molecule has 0 aliphatic carbocycles. The molecule has 2 amide bonds. The number of carbonyl (C=O) groups excluding carboxylic acids is 3. The van der Waals surface area contributed by atoms with Gasteiger partial charge in [0.1, 0.15) is 11.4 Å². The van der Waals surface area contributed by atoms with E-state index in [0.29, 0.717) is 46.2 Å². The van der Waals surface area contributed by atoms with Gasteiger partial charge in [0, 0.05) is 16.8 Å². The van der Waals surface area contributed by atoms with E-state index < -0.39 is 11.8 Å². The lowest BCUT2D eigenvalue weighted by atomic mass is 10.1. The molecule has 190 valence electrons. The van der Waals surface area contributed by atoms with Crippen LogP contribution in [-0.4, -0.2) is 31.0 Å². The summed E-state index contributed by atoms with van der Waals surface area (Å²) in [5.41, 5.74) is 2.06. The van der Waals surface area contributed by atoms with Gasteiger partial charge in [-0.1, -0.05) is 19.4 Å². The van der Waals surface area contributed by atoms with E-state index in [0.717, 1.165) is 12.8 Å². The average Bonchev–Trinajstić information content (AvgIpc) is 3.37. The average molecular weight is 501 g/mol. The Morgan fingerprint density at radius 2 is 1.62 bits per heavy atom. The number of nitrogens with one attached hydrogen (secondary N) is 2. The number of hydrogen-bond donors (Lipinski definition) is 2. The largest absolute Gasteiger partial charge is 0.494 e. The van der Waals surface area contributed by atoms with Gasteiger partial charge in [0.05, 0.1) is 6.61 Å². The zero-order valence-corrected chi connectivity index (χ0v) is 20.7. The van der Waals surface area contributed by atoms with Crippen molar-refractivity contribution in [2.45, 2.75) is 26.7 Å². The Balaban J connectivity index is 1.54. The summed E-state index contributed by atoms with van der Waals surface area (Å²) in [6, 6.07) is 18.5. The highest BCUT2D eigenvalue weighted by Crippen LogP contribution is 2.33. The minimum atomic E-state index is -0.527. The van der Waals surface area contributed by atoms with Gasteiger partial charge in [-0.3, -0.25) is 14.4 Å². The monoisotopic (exact) mass is 500 g/mol. The fraction of sp³-hybridized carbons (Fsp3) is 0.207. The standard InChI is InChI=1S/C29H28N2O6/c1-3-4-15-35-24-12-8-22(9-13-24)28(33)31-25(16-20-5-14-26-27(17-20)37-18-36-26)29(34)30-23-10-6-21(7-11-23)19(2)32/h5-14,16-17H,3-4,15,18H2,1-2H3,(H,30,34)(H,31,33)/b25-16+. The number of hydrogen-bond acceptors (Lipinski definition) is 6. The van der Waals surface area contributed by atoms with Crippen molar-refractivity contribution < 1.29 is 28.6 Å². The molecule has 0 fully saturated rings. The Bertz CT molecular complexity index is 1310. The van der Waals surface area contributed by atoms with E-state index in [1.807, 2.05) is 0 Å². The second-order valence-corrected chi connectivity index (χ2v) is 8.44. The van der Waals surface area contributed by atoms with Crippen molar-refractivity contribution in [1.29, 1.82) is 0 Å². The molecule has 37 heavy (non-hydrogen) atoms. The molecule has 0 radical (unpaired) electrons. The van der Waals surface area contributed by atoms with Gasteiger partial charge in [0.15, 0.2) is 17.3 Å². The maximum Gasteiger partial charge on any atom is 0.272 e. The van der Waals surface area contributed by atoms with Crippen LogP contribution in [0.4, 0.5) is 5.69 Å².